The quantitative estimate of drug-likeness (QED) is 0.139. The number of urea groups is 1. The number of amides is 4. The zero-order chi connectivity index (χ0) is 30.6. The maximum atomic E-state index is 12.7. The first-order valence-electron chi connectivity index (χ1n) is 11.9. The van der Waals surface area contributed by atoms with Crippen molar-refractivity contribution >= 4 is 52.2 Å². The number of aliphatic imine (C=N–C) groups is 1. The van der Waals surface area contributed by atoms with Crippen LogP contribution in [-0.2, 0) is 25.7 Å². The van der Waals surface area contributed by atoms with Crippen LogP contribution in [0.3, 0.4) is 0 Å². The number of anilines is 1. The molecule has 0 aliphatic rings. The Balaban J connectivity index is 1.97. The number of carbonyl (C=O) groups is 5. The van der Waals surface area contributed by atoms with E-state index in [9.17, 15) is 37.1 Å². The smallest absolute Gasteiger partial charge is 0.481 e. The molecule has 1 aromatic heterocycles. The van der Waals surface area contributed by atoms with Crippen molar-refractivity contribution in [3.8, 4) is 0 Å². The van der Waals surface area contributed by atoms with Crippen LogP contribution in [0, 0.1) is 5.92 Å². The Morgan fingerprint density at radius 3 is 2.39 bits per heavy atom. The molecule has 4 amide bonds. The number of carboxylic acid groups (broad SMARTS) is 1. The van der Waals surface area contributed by atoms with Crippen LogP contribution in [-0.4, -0.2) is 71.1 Å². The molecule has 1 atom stereocenters. The van der Waals surface area contributed by atoms with E-state index < -0.39 is 60.9 Å². The Kier molecular flexibility index (Phi) is 12.2. The molecule has 222 valence electrons. The number of alkyl halides is 3. The first-order chi connectivity index (χ1) is 19.2. The van der Waals surface area contributed by atoms with Gasteiger partial charge in [-0.05, 0) is 11.5 Å². The summed E-state index contributed by atoms with van der Waals surface area (Å²) in [7, 11) is 0. The SMILES string of the molecule is CC(C)CN=C(OC(=O)C(F)(F)F)[C@H](CC(=O)O)NC(=O)CNC(=O)c1csc(NC(=O)NCc2ccccc2)n1. The van der Waals surface area contributed by atoms with Gasteiger partial charge in [-0.2, -0.15) is 13.2 Å². The monoisotopic (exact) mass is 600 g/mol. The minimum Gasteiger partial charge on any atom is -0.481 e. The van der Waals surface area contributed by atoms with Crippen molar-refractivity contribution in [2.24, 2.45) is 10.9 Å². The number of nitrogens with one attached hydrogen (secondary N) is 4. The zero-order valence-electron chi connectivity index (χ0n) is 21.8. The Labute approximate surface area is 235 Å². The second-order valence-electron chi connectivity index (χ2n) is 8.69. The zero-order valence-corrected chi connectivity index (χ0v) is 22.6. The van der Waals surface area contributed by atoms with Gasteiger partial charge < -0.3 is 25.8 Å². The molecular formula is C24H27F3N6O7S. The molecule has 0 fully saturated rings. The number of aliphatic carboxylic acids is 1. The van der Waals surface area contributed by atoms with E-state index in [-0.39, 0.29) is 29.8 Å². The summed E-state index contributed by atoms with van der Waals surface area (Å²) in [5.74, 6) is -7.17. The summed E-state index contributed by atoms with van der Waals surface area (Å²) in [5, 5.41) is 20.0. The second-order valence-corrected chi connectivity index (χ2v) is 9.55. The normalized spacial score (nSPS) is 12.3. The number of carboxylic acids is 1. The number of halogens is 3. The van der Waals surface area contributed by atoms with E-state index in [0.717, 1.165) is 16.9 Å². The minimum atomic E-state index is -5.39. The molecular weight excluding hydrogens is 573 g/mol. The number of esters is 1. The number of hydrogen-bond donors (Lipinski definition) is 5. The summed E-state index contributed by atoms with van der Waals surface area (Å²) < 4.78 is 42.5. The lowest BCUT2D eigenvalue weighted by atomic mass is 10.2. The Bertz CT molecular complexity index is 1270. The van der Waals surface area contributed by atoms with Crippen LogP contribution in [0.25, 0.3) is 0 Å². The predicted octanol–water partition coefficient (Wildman–Crippen LogP) is 2.31. The van der Waals surface area contributed by atoms with Crippen LogP contribution in [0.5, 0.6) is 0 Å². The first kappa shape index (κ1) is 32.7. The van der Waals surface area contributed by atoms with Gasteiger partial charge in [-0.1, -0.05) is 44.2 Å². The molecule has 5 N–H and O–H groups in total. The summed E-state index contributed by atoms with van der Waals surface area (Å²) in [6.45, 7) is 2.70. The number of rotatable bonds is 12. The number of nitrogens with zero attached hydrogens (tertiary/aromatic N) is 2. The maximum absolute atomic E-state index is 12.7. The van der Waals surface area contributed by atoms with Crippen molar-refractivity contribution in [1.29, 1.82) is 0 Å². The average molecular weight is 601 g/mol. The van der Waals surface area contributed by atoms with Gasteiger partial charge in [0.25, 0.3) is 5.91 Å². The third kappa shape index (κ3) is 12.0. The van der Waals surface area contributed by atoms with E-state index in [1.165, 1.54) is 5.38 Å². The molecule has 41 heavy (non-hydrogen) atoms. The minimum absolute atomic E-state index is 0.0872. The van der Waals surface area contributed by atoms with Gasteiger partial charge >= 0.3 is 24.1 Å². The lowest BCUT2D eigenvalue weighted by Gasteiger charge is -2.20. The molecule has 0 radical (unpaired) electrons. The van der Waals surface area contributed by atoms with Gasteiger partial charge in [0.15, 0.2) is 5.13 Å². The molecule has 0 aliphatic heterocycles. The summed E-state index contributed by atoms with van der Waals surface area (Å²) in [6.07, 6.45) is -6.36. The van der Waals surface area contributed by atoms with Crippen LogP contribution in [0.2, 0.25) is 0 Å². The number of hydrogen-bond acceptors (Lipinski definition) is 9. The highest BCUT2D eigenvalue weighted by Gasteiger charge is 2.43. The molecule has 2 rings (SSSR count). The highest BCUT2D eigenvalue weighted by atomic mass is 32.1. The third-order valence-electron chi connectivity index (χ3n) is 4.72. The van der Waals surface area contributed by atoms with Gasteiger partial charge in [-0.15, -0.1) is 11.3 Å². The molecule has 0 saturated heterocycles. The first-order valence-corrected chi connectivity index (χ1v) is 12.8. The molecule has 17 heteroatoms. The van der Waals surface area contributed by atoms with Crippen molar-refractivity contribution in [2.75, 3.05) is 18.4 Å². The summed E-state index contributed by atoms with van der Waals surface area (Å²) >= 11 is 0.933. The average Bonchev–Trinajstić information content (AvgIpc) is 3.36. The molecule has 2 aromatic rings. The lowest BCUT2D eigenvalue weighted by Crippen LogP contribution is -2.48. The van der Waals surface area contributed by atoms with E-state index in [4.69, 9.17) is 5.11 Å². The van der Waals surface area contributed by atoms with Crippen molar-refractivity contribution < 1.29 is 47.0 Å². The van der Waals surface area contributed by atoms with Gasteiger partial charge in [0.05, 0.1) is 13.0 Å². The molecule has 13 nitrogen and oxygen atoms in total. The fraction of sp³-hybridized carbons (Fsp3) is 0.375. The van der Waals surface area contributed by atoms with E-state index in [1.807, 2.05) is 30.3 Å². The molecule has 0 saturated carbocycles. The standard InChI is InChI=1S/C24H27F3N6O7S/c1-13(2)9-29-20(40-21(38)24(25,26)27)15(8-18(35)36)31-17(34)11-28-19(37)16-12-41-23(32-16)33-22(39)30-10-14-6-4-3-5-7-14/h3-7,12-13,15H,8-11H2,1-2H3,(H,28,37)(H,31,34)(H,35,36)(H2,30,32,33,39)/t15-/m0/s1. The van der Waals surface area contributed by atoms with E-state index in [0.29, 0.717) is 0 Å². The topological polar surface area (TPSA) is 188 Å². The second kappa shape index (κ2) is 15.3. The van der Waals surface area contributed by atoms with E-state index >= 15 is 0 Å². The Hall–Kier alpha value is -4.54. The number of aromatic nitrogens is 1. The fourth-order valence-corrected chi connectivity index (χ4v) is 3.55. The number of benzene rings is 1. The molecule has 0 unspecified atom stereocenters. The molecule has 1 aromatic carbocycles. The van der Waals surface area contributed by atoms with Crippen molar-refractivity contribution in [1.82, 2.24) is 20.9 Å². The number of ether oxygens (including phenoxy) is 1. The molecule has 0 spiro atoms. The molecule has 0 aliphatic carbocycles. The van der Waals surface area contributed by atoms with E-state index in [2.05, 4.69) is 36.0 Å². The maximum Gasteiger partial charge on any atom is 0.491 e. The third-order valence-corrected chi connectivity index (χ3v) is 5.47. The highest BCUT2D eigenvalue weighted by molar-refractivity contribution is 7.14. The molecule has 1 heterocycles. The van der Waals surface area contributed by atoms with E-state index in [1.54, 1.807) is 13.8 Å². The summed E-state index contributed by atoms with van der Waals surface area (Å²) in [6, 6.07) is 6.79. The molecule has 0 bridgehead atoms. The highest BCUT2D eigenvalue weighted by Crippen LogP contribution is 2.18. The Morgan fingerprint density at radius 1 is 1.10 bits per heavy atom. The van der Waals surface area contributed by atoms with Gasteiger partial charge in [0.2, 0.25) is 11.8 Å². The fourth-order valence-electron chi connectivity index (χ4n) is 2.87. The summed E-state index contributed by atoms with van der Waals surface area (Å²) in [5.41, 5.74) is 0.712. The van der Waals surface area contributed by atoms with Crippen LogP contribution >= 0.6 is 11.3 Å². The van der Waals surface area contributed by atoms with Gasteiger partial charge in [0, 0.05) is 18.5 Å². The lowest BCUT2D eigenvalue weighted by molar-refractivity contribution is -0.191. The summed E-state index contributed by atoms with van der Waals surface area (Å²) in [4.78, 5) is 67.2. The van der Waals surface area contributed by atoms with Crippen molar-refractivity contribution in [2.45, 2.75) is 39.0 Å². The van der Waals surface area contributed by atoms with Crippen LogP contribution in [0.1, 0.15) is 36.3 Å². The largest absolute Gasteiger partial charge is 0.491 e. The van der Waals surface area contributed by atoms with Crippen LogP contribution in [0.15, 0.2) is 40.7 Å². The number of carbonyl (C=O) groups excluding carboxylic acids is 4. The van der Waals surface area contributed by atoms with Gasteiger partial charge in [-0.3, -0.25) is 24.7 Å². The predicted molar refractivity (Wildman–Crippen MR) is 140 cm³/mol. The van der Waals surface area contributed by atoms with Gasteiger partial charge in [-0.25, -0.2) is 14.6 Å². The van der Waals surface area contributed by atoms with Crippen molar-refractivity contribution in [3.05, 3.63) is 47.0 Å². The van der Waals surface area contributed by atoms with Crippen LogP contribution < -0.4 is 21.3 Å². The van der Waals surface area contributed by atoms with Crippen LogP contribution in [0.4, 0.5) is 23.1 Å². The number of thiazole rings is 1. The van der Waals surface area contributed by atoms with Gasteiger partial charge in [0.1, 0.15) is 11.7 Å². The Morgan fingerprint density at radius 2 is 1.78 bits per heavy atom. The van der Waals surface area contributed by atoms with Crippen molar-refractivity contribution in [3.63, 3.8) is 0 Å².